The minimum Gasteiger partial charge on any atom is -0.390 e. The van der Waals surface area contributed by atoms with Crippen molar-refractivity contribution >= 4 is 5.91 Å². The molecule has 1 unspecified atom stereocenters. The van der Waals surface area contributed by atoms with Gasteiger partial charge in [0.05, 0.1) is 6.10 Å². The molecule has 1 rings (SSSR count). The van der Waals surface area contributed by atoms with Crippen LogP contribution in [0.1, 0.15) is 33.6 Å². The van der Waals surface area contributed by atoms with E-state index < -0.39 is 0 Å². The van der Waals surface area contributed by atoms with Crippen molar-refractivity contribution in [3.63, 3.8) is 0 Å². The molecule has 0 bridgehead atoms. The van der Waals surface area contributed by atoms with Gasteiger partial charge in [-0.25, -0.2) is 0 Å². The van der Waals surface area contributed by atoms with E-state index in [0.29, 0.717) is 13.1 Å². The highest BCUT2D eigenvalue weighted by Gasteiger charge is 2.19. The number of nitrogens with zero attached hydrogens (tertiary/aromatic N) is 2. The van der Waals surface area contributed by atoms with Crippen molar-refractivity contribution in [3.8, 4) is 0 Å². The molecule has 21 heavy (non-hydrogen) atoms. The van der Waals surface area contributed by atoms with Crippen LogP contribution in [0.25, 0.3) is 0 Å². The largest absolute Gasteiger partial charge is 0.390 e. The van der Waals surface area contributed by atoms with Gasteiger partial charge in [-0.15, -0.1) is 0 Å². The van der Waals surface area contributed by atoms with E-state index in [1.165, 1.54) is 12.8 Å². The van der Waals surface area contributed by atoms with Crippen molar-refractivity contribution in [2.45, 2.75) is 39.7 Å². The molecular formula is C16H33N3O2. The highest BCUT2D eigenvalue weighted by Crippen LogP contribution is 2.15. The van der Waals surface area contributed by atoms with E-state index >= 15 is 0 Å². The number of carbonyl (C=O) groups excluding carboxylic acids is 1. The molecule has 0 aliphatic carbocycles. The van der Waals surface area contributed by atoms with Gasteiger partial charge in [-0.05, 0) is 38.9 Å². The fourth-order valence-electron chi connectivity index (χ4n) is 2.63. The van der Waals surface area contributed by atoms with Gasteiger partial charge in [0.15, 0.2) is 0 Å². The van der Waals surface area contributed by atoms with Gasteiger partial charge >= 0.3 is 0 Å². The number of rotatable bonds is 8. The fourth-order valence-corrected chi connectivity index (χ4v) is 2.63. The van der Waals surface area contributed by atoms with Crippen LogP contribution in [-0.4, -0.2) is 73.2 Å². The molecule has 0 aromatic carbocycles. The zero-order valence-corrected chi connectivity index (χ0v) is 14.1. The average molecular weight is 299 g/mol. The third kappa shape index (κ3) is 7.79. The maximum absolute atomic E-state index is 11.5. The summed E-state index contributed by atoms with van der Waals surface area (Å²) in [6.45, 7) is 11.1. The molecule has 0 radical (unpaired) electrons. The van der Waals surface area contributed by atoms with E-state index in [0.717, 1.165) is 32.1 Å². The van der Waals surface area contributed by atoms with Crippen LogP contribution in [0.3, 0.4) is 0 Å². The number of aliphatic hydroxyl groups is 1. The van der Waals surface area contributed by atoms with Gasteiger partial charge < -0.3 is 20.2 Å². The Balaban J connectivity index is 2.12. The van der Waals surface area contributed by atoms with Crippen molar-refractivity contribution in [1.29, 1.82) is 0 Å². The Morgan fingerprint density at radius 2 is 2.00 bits per heavy atom. The molecule has 1 amide bonds. The van der Waals surface area contributed by atoms with Crippen LogP contribution in [0.5, 0.6) is 0 Å². The number of carbonyl (C=O) groups is 1. The minimum atomic E-state index is -0.316. The number of hydrogen-bond acceptors (Lipinski definition) is 4. The summed E-state index contributed by atoms with van der Waals surface area (Å²) in [5.74, 6) is 0.944. The van der Waals surface area contributed by atoms with E-state index in [-0.39, 0.29) is 17.9 Å². The third-order valence-electron chi connectivity index (χ3n) is 4.18. The predicted molar refractivity (Wildman–Crippen MR) is 86.2 cm³/mol. The lowest BCUT2D eigenvalue weighted by atomic mass is 9.99. The third-order valence-corrected chi connectivity index (χ3v) is 4.18. The van der Waals surface area contributed by atoms with Gasteiger partial charge in [-0.1, -0.05) is 20.8 Å². The number of hydrogen-bond donors (Lipinski definition) is 2. The molecule has 1 saturated heterocycles. The van der Waals surface area contributed by atoms with Gasteiger partial charge in [0.1, 0.15) is 0 Å². The summed E-state index contributed by atoms with van der Waals surface area (Å²) in [5, 5.41) is 13.1. The number of likely N-dealkylation sites (tertiary alicyclic amines) is 1. The summed E-state index contributed by atoms with van der Waals surface area (Å²) >= 11 is 0. The van der Waals surface area contributed by atoms with E-state index in [1.54, 1.807) is 0 Å². The molecule has 1 aliphatic heterocycles. The first kappa shape index (κ1) is 18.4. The first-order valence-electron chi connectivity index (χ1n) is 8.25. The monoisotopic (exact) mass is 299 g/mol. The highest BCUT2D eigenvalue weighted by atomic mass is 16.3. The summed E-state index contributed by atoms with van der Waals surface area (Å²) < 4.78 is 0. The zero-order chi connectivity index (χ0) is 15.8. The van der Waals surface area contributed by atoms with Gasteiger partial charge in [0, 0.05) is 32.1 Å². The number of nitrogens with one attached hydrogen (secondary N) is 1. The number of aliphatic hydroxyl groups excluding tert-OH is 1. The average Bonchev–Trinajstić information content (AvgIpc) is 2.41. The molecule has 1 heterocycles. The number of piperidine rings is 1. The van der Waals surface area contributed by atoms with E-state index in [9.17, 15) is 9.90 Å². The summed E-state index contributed by atoms with van der Waals surface area (Å²) in [4.78, 5) is 15.9. The smallest absolute Gasteiger partial charge is 0.222 e. The number of likely N-dealkylation sites (N-methyl/N-ethyl adjacent to an activating group) is 1. The lowest BCUT2D eigenvalue weighted by Gasteiger charge is -2.32. The zero-order valence-electron chi connectivity index (χ0n) is 14.1. The quantitative estimate of drug-likeness (QED) is 0.695. The lowest BCUT2D eigenvalue weighted by Crippen LogP contribution is -2.43. The normalized spacial score (nSPS) is 19.2. The molecule has 0 spiro atoms. The van der Waals surface area contributed by atoms with E-state index in [2.05, 4.69) is 22.0 Å². The molecule has 5 nitrogen and oxygen atoms in total. The summed E-state index contributed by atoms with van der Waals surface area (Å²) in [6, 6.07) is 0. The van der Waals surface area contributed by atoms with Crippen LogP contribution in [-0.2, 0) is 4.79 Å². The number of β-amino-alcohol motifs (C(OH)–C–C–N with tert-alkyl or cyclic N) is 1. The maximum Gasteiger partial charge on any atom is 0.222 e. The standard InChI is InChI=1S/C16H33N3O2/c1-13(2)16(21)17-7-10-18(4)11-15(20)12-19-8-5-14(3)6-9-19/h13-15,20H,5-12H2,1-4H3,(H,17,21). The molecule has 124 valence electrons. The minimum absolute atomic E-state index is 0.0300. The molecule has 0 aromatic heterocycles. The summed E-state index contributed by atoms with van der Waals surface area (Å²) in [5.41, 5.74) is 0. The van der Waals surface area contributed by atoms with Gasteiger partial charge in [0.25, 0.3) is 0 Å². The molecular weight excluding hydrogens is 266 g/mol. The second-order valence-electron chi connectivity index (χ2n) is 6.84. The highest BCUT2D eigenvalue weighted by molar-refractivity contribution is 5.77. The predicted octanol–water partition coefficient (Wildman–Crippen LogP) is 0.783. The molecule has 5 heteroatoms. The van der Waals surface area contributed by atoms with Gasteiger partial charge in [-0.3, -0.25) is 4.79 Å². The molecule has 1 fully saturated rings. The van der Waals surface area contributed by atoms with Crippen molar-refractivity contribution < 1.29 is 9.90 Å². The van der Waals surface area contributed by atoms with Crippen molar-refractivity contribution in [2.24, 2.45) is 11.8 Å². The number of amides is 1. The lowest BCUT2D eigenvalue weighted by molar-refractivity contribution is -0.124. The molecule has 0 aromatic rings. The Bertz CT molecular complexity index is 302. The SMILES string of the molecule is CC1CCN(CC(O)CN(C)CCNC(=O)C(C)C)CC1. The van der Waals surface area contributed by atoms with Gasteiger partial charge in [0.2, 0.25) is 5.91 Å². The van der Waals surface area contributed by atoms with Crippen LogP contribution in [0, 0.1) is 11.8 Å². The molecule has 0 saturated carbocycles. The van der Waals surface area contributed by atoms with Crippen molar-refractivity contribution in [1.82, 2.24) is 15.1 Å². The van der Waals surface area contributed by atoms with Crippen LogP contribution in [0.4, 0.5) is 0 Å². The van der Waals surface area contributed by atoms with Gasteiger partial charge in [-0.2, -0.15) is 0 Å². The molecule has 1 atom stereocenters. The van der Waals surface area contributed by atoms with Crippen LogP contribution < -0.4 is 5.32 Å². The van der Waals surface area contributed by atoms with Crippen molar-refractivity contribution in [2.75, 3.05) is 46.3 Å². The molecule has 1 aliphatic rings. The molecule has 2 N–H and O–H groups in total. The van der Waals surface area contributed by atoms with Crippen LogP contribution >= 0.6 is 0 Å². The Morgan fingerprint density at radius 3 is 2.57 bits per heavy atom. The van der Waals surface area contributed by atoms with E-state index in [1.807, 2.05) is 20.9 Å². The van der Waals surface area contributed by atoms with Crippen LogP contribution in [0.2, 0.25) is 0 Å². The second kappa shape index (κ2) is 9.38. The fraction of sp³-hybridized carbons (Fsp3) is 0.938. The topological polar surface area (TPSA) is 55.8 Å². The second-order valence-corrected chi connectivity index (χ2v) is 6.84. The summed E-state index contributed by atoms with van der Waals surface area (Å²) in [7, 11) is 1.99. The summed E-state index contributed by atoms with van der Waals surface area (Å²) in [6.07, 6.45) is 2.16. The van der Waals surface area contributed by atoms with E-state index in [4.69, 9.17) is 0 Å². The maximum atomic E-state index is 11.5. The Morgan fingerprint density at radius 1 is 1.38 bits per heavy atom. The first-order valence-corrected chi connectivity index (χ1v) is 8.25. The van der Waals surface area contributed by atoms with Crippen molar-refractivity contribution in [3.05, 3.63) is 0 Å². The first-order chi connectivity index (χ1) is 9.88. The Kier molecular flexibility index (Phi) is 8.22. The van der Waals surface area contributed by atoms with Crippen LogP contribution in [0.15, 0.2) is 0 Å². The Hall–Kier alpha value is -0.650. The Labute approximate surface area is 129 Å².